The predicted octanol–water partition coefficient (Wildman–Crippen LogP) is 1.49. The summed E-state index contributed by atoms with van der Waals surface area (Å²) in [6.07, 6.45) is 0.0987. The van der Waals surface area contributed by atoms with E-state index in [-0.39, 0.29) is 13.0 Å². The molecule has 0 atom stereocenters. The van der Waals surface area contributed by atoms with Crippen LogP contribution in [0.1, 0.15) is 6.42 Å². The van der Waals surface area contributed by atoms with Gasteiger partial charge in [-0.2, -0.15) is 0 Å². The molecular weight excluding hydrogens is 214 g/mol. The van der Waals surface area contributed by atoms with Gasteiger partial charge in [-0.25, -0.2) is 0 Å². The van der Waals surface area contributed by atoms with Gasteiger partial charge < -0.3 is 9.53 Å². The summed E-state index contributed by atoms with van der Waals surface area (Å²) in [7, 11) is 0. The molecule has 0 rings (SSSR count). The summed E-state index contributed by atoms with van der Waals surface area (Å²) in [5.74, 6) is -0.702. The Morgan fingerprint density at radius 1 is 1.45 bits per heavy atom. The Morgan fingerprint density at radius 2 is 2.00 bits per heavy atom. The van der Waals surface area contributed by atoms with Crippen LogP contribution in [0.4, 0.5) is 0 Å². The van der Waals surface area contributed by atoms with E-state index >= 15 is 0 Å². The molecule has 0 aliphatic rings. The van der Waals surface area contributed by atoms with Gasteiger partial charge in [-0.05, 0) is 0 Å². The van der Waals surface area contributed by atoms with Crippen LogP contribution in [0.2, 0.25) is 0 Å². The van der Waals surface area contributed by atoms with Crippen LogP contribution in [-0.2, 0) is 14.3 Å². The maximum atomic E-state index is 10.5. The maximum absolute atomic E-state index is 10.5. The molecule has 0 saturated carbocycles. The minimum atomic E-state index is -1.61. The van der Waals surface area contributed by atoms with Gasteiger partial charge in [0, 0.05) is 0 Å². The summed E-state index contributed by atoms with van der Waals surface area (Å²) >= 11 is 15.7. The van der Waals surface area contributed by atoms with E-state index < -0.39 is 9.76 Å². The van der Waals surface area contributed by atoms with Crippen molar-refractivity contribution in [2.45, 2.75) is 10.2 Å². The molecule has 0 fully saturated rings. The van der Waals surface area contributed by atoms with Crippen molar-refractivity contribution >= 4 is 47.1 Å². The standard InChI is InChI=1S/C5H5Cl3O3/c6-5(7,8)3-11-4(10)1-2-9/h2H,1,3H2. The number of halogens is 3. The third kappa shape index (κ3) is 7.91. The SMILES string of the molecule is O=CCC(=O)OCC(Cl)(Cl)Cl. The number of esters is 1. The van der Waals surface area contributed by atoms with E-state index in [0.717, 1.165) is 0 Å². The zero-order valence-corrected chi connectivity index (χ0v) is 7.62. The van der Waals surface area contributed by atoms with Crippen molar-refractivity contribution < 1.29 is 14.3 Å². The third-order valence-corrected chi connectivity index (χ3v) is 0.974. The minimum Gasteiger partial charge on any atom is -0.461 e. The van der Waals surface area contributed by atoms with Gasteiger partial charge in [-0.3, -0.25) is 4.79 Å². The Kier molecular flexibility index (Phi) is 4.81. The van der Waals surface area contributed by atoms with E-state index in [1.54, 1.807) is 0 Å². The van der Waals surface area contributed by atoms with E-state index in [1.165, 1.54) is 0 Å². The second kappa shape index (κ2) is 4.80. The smallest absolute Gasteiger partial charge is 0.313 e. The maximum Gasteiger partial charge on any atom is 0.313 e. The normalized spacial score (nSPS) is 10.8. The van der Waals surface area contributed by atoms with Crippen LogP contribution in [0.3, 0.4) is 0 Å². The van der Waals surface area contributed by atoms with Crippen molar-refractivity contribution in [2.24, 2.45) is 0 Å². The molecule has 0 aliphatic carbocycles. The number of rotatable bonds is 3. The molecule has 6 heteroatoms. The summed E-state index contributed by atoms with van der Waals surface area (Å²) in [6, 6.07) is 0. The van der Waals surface area contributed by atoms with Gasteiger partial charge >= 0.3 is 5.97 Å². The van der Waals surface area contributed by atoms with Crippen molar-refractivity contribution in [1.29, 1.82) is 0 Å². The monoisotopic (exact) mass is 218 g/mol. The van der Waals surface area contributed by atoms with Gasteiger partial charge in [-0.1, -0.05) is 34.8 Å². The lowest BCUT2D eigenvalue weighted by atomic mass is 10.5. The Labute approximate surface area is 78.5 Å². The molecule has 0 saturated heterocycles. The van der Waals surface area contributed by atoms with Gasteiger partial charge in [0.2, 0.25) is 3.79 Å². The summed E-state index contributed by atoms with van der Waals surface area (Å²) in [5.41, 5.74) is 0. The molecule has 11 heavy (non-hydrogen) atoms. The van der Waals surface area contributed by atoms with Gasteiger partial charge in [0.1, 0.15) is 19.3 Å². The minimum absolute atomic E-state index is 0.319. The van der Waals surface area contributed by atoms with Crippen LogP contribution in [0.25, 0.3) is 0 Å². The fraction of sp³-hybridized carbons (Fsp3) is 0.600. The number of hydrogen-bond acceptors (Lipinski definition) is 3. The van der Waals surface area contributed by atoms with Crippen LogP contribution in [0.5, 0.6) is 0 Å². The van der Waals surface area contributed by atoms with Crippen molar-refractivity contribution in [1.82, 2.24) is 0 Å². The molecule has 0 unspecified atom stereocenters. The van der Waals surface area contributed by atoms with Crippen LogP contribution >= 0.6 is 34.8 Å². The molecule has 0 aromatic carbocycles. The molecule has 0 spiro atoms. The lowest BCUT2D eigenvalue weighted by Gasteiger charge is -2.09. The largest absolute Gasteiger partial charge is 0.461 e. The molecule has 0 aromatic rings. The number of ether oxygens (including phenoxy) is 1. The number of aldehydes is 1. The average molecular weight is 219 g/mol. The molecule has 0 radical (unpaired) electrons. The fourth-order valence-corrected chi connectivity index (χ4v) is 0.453. The van der Waals surface area contributed by atoms with Gasteiger partial charge in [0.05, 0.1) is 0 Å². The zero-order valence-electron chi connectivity index (χ0n) is 5.35. The highest BCUT2D eigenvalue weighted by Crippen LogP contribution is 2.25. The first-order valence-electron chi connectivity index (χ1n) is 2.61. The highest BCUT2D eigenvalue weighted by atomic mass is 35.6. The van der Waals surface area contributed by atoms with E-state index in [9.17, 15) is 9.59 Å². The molecule has 0 aliphatic heterocycles. The van der Waals surface area contributed by atoms with E-state index in [1.807, 2.05) is 0 Å². The molecule has 3 nitrogen and oxygen atoms in total. The van der Waals surface area contributed by atoms with Crippen molar-refractivity contribution in [3.8, 4) is 0 Å². The summed E-state index contributed by atoms with van der Waals surface area (Å²) in [5, 5.41) is 0. The van der Waals surface area contributed by atoms with Crippen molar-refractivity contribution in [3.63, 3.8) is 0 Å². The fourth-order valence-electron chi connectivity index (χ4n) is 0.289. The van der Waals surface area contributed by atoms with E-state index in [2.05, 4.69) is 4.74 Å². The molecular formula is C5H5Cl3O3. The second-order valence-corrected chi connectivity index (χ2v) is 4.16. The average Bonchev–Trinajstić information content (AvgIpc) is 1.83. The molecule has 64 valence electrons. The van der Waals surface area contributed by atoms with E-state index in [0.29, 0.717) is 6.29 Å². The van der Waals surface area contributed by atoms with Gasteiger partial charge in [0.15, 0.2) is 0 Å². The first-order chi connectivity index (χ1) is 4.95. The Balaban J connectivity index is 3.54. The second-order valence-electron chi connectivity index (χ2n) is 1.65. The van der Waals surface area contributed by atoms with Crippen LogP contribution in [-0.4, -0.2) is 22.7 Å². The van der Waals surface area contributed by atoms with Crippen LogP contribution < -0.4 is 0 Å². The van der Waals surface area contributed by atoms with Gasteiger partial charge in [-0.15, -0.1) is 0 Å². The van der Waals surface area contributed by atoms with Crippen LogP contribution in [0.15, 0.2) is 0 Å². The number of alkyl halides is 3. The third-order valence-electron chi connectivity index (χ3n) is 0.647. The summed E-state index contributed by atoms with van der Waals surface area (Å²) in [4.78, 5) is 20.2. The first kappa shape index (κ1) is 11.0. The summed E-state index contributed by atoms with van der Waals surface area (Å²) < 4.78 is 2.77. The van der Waals surface area contributed by atoms with Crippen LogP contribution in [0, 0.1) is 0 Å². The van der Waals surface area contributed by atoms with Crippen molar-refractivity contribution in [3.05, 3.63) is 0 Å². The Morgan fingerprint density at radius 3 is 2.36 bits per heavy atom. The first-order valence-corrected chi connectivity index (χ1v) is 3.75. The topological polar surface area (TPSA) is 43.4 Å². The zero-order chi connectivity index (χ0) is 8.91. The predicted molar refractivity (Wildman–Crippen MR) is 41.9 cm³/mol. The number of carbonyl (C=O) groups is 2. The molecule has 0 heterocycles. The number of hydrogen-bond donors (Lipinski definition) is 0. The summed E-state index contributed by atoms with van der Waals surface area (Å²) in [6.45, 7) is -0.343. The molecule has 0 aromatic heterocycles. The van der Waals surface area contributed by atoms with E-state index in [4.69, 9.17) is 34.8 Å². The highest BCUT2D eigenvalue weighted by molar-refractivity contribution is 6.67. The Hall–Kier alpha value is 0.01000. The Bertz CT molecular complexity index is 152. The number of carbonyl (C=O) groups excluding carboxylic acids is 2. The van der Waals surface area contributed by atoms with Crippen molar-refractivity contribution in [2.75, 3.05) is 6.61 Å². The molecule has 0 amide bonds. The molecule has 0 N–H and O–H groups in total. The molecule has 0 bridgehead atoms. The lowest BCUT2D eigenvalue weighted by Crippen LogP contribution is -2.17. The lowest BCUT2D eigenvalue weighted by molar-refractivity contribution is -0.144. The highest BCUT2D eigenvalue weighted by Gasteiger charge is 2.21. The quantitative estimate of drug-likeness (QED) is 0.313. The van der Waals surface area contributed by atoms with Gasteiger partial charge in [0.25, 0.3) is 0 Å².